The van der Waals surface area contributed by atoms with Gasteiger partial charge in [0, 0.05) is 23.1 Å². The Labute approximate surface area is 146 Å². The molecule has 2 aromatic rings. The Morgan fingerprint density at radius 3 is 2.83 bits per heavy atom. The zero-order valence-electron chi connectivity index (χ0n) is 13.8. The lowest BCUT2D eigenvalue weighted by Crippen LogP contribution is -2.23. The van der Waals surface area contributed by atoms with Crippen molar-refractivity contribution in [2.45, 2.75) is 40.3 Å². The number of amides is 1. The van der Waals surface area contributed by atoms with Gasteiger partial charge in [0.15, 0.2) is 0 Å². The molecule has 0 bridgehead atoms. The van der Waals surface area contributed by atoms with Crippen molar-refractivity contribution in [3.05, 3.63) is 44.9 Å². The number of hydrogen-bond acceptors (Lipinski definition) is 3. The number of nitrogens with zero attached hydrogens (tertiary/aromatic N) is 2. The van der Waals surface area contributed by atoms with E-state index in [9.17, 15) is 4.79 Å². The molecule has 2 heterocycles. The number of carbonyl (C=O) groups is 1. The van der Waals surface area contributed by atoms with Crippen molar-refractivity contribution in [3.63, 3.8) is 0 Å². The number of halogens is 1. The average molecular weight is 352 g/mol. The van der Waals surface area contributed by atoms with Crippen LogP contribution in [0, 0.1) is 12.8 Å². The van der Waals surface area contributed by atoms with Crippen molar-refractivity contribution >= 4 is 34.9 Å². The summed E-state index contributed by atoms with van der Waals surface area (Å²) in [7, 11) is 0. The zero-order chi connectivity index (χ0) is 17.0. The third-order valence-electron chi connectivity index (χ3n) is 3.38. The first kappa shape index (κ1) is 17.8. The van der Waals surface area contributed by atoms with E-state index in [1.54, 1.807) is 22.1 Å². The molecule has 1 unspecified atom stereocenters. The molecule has 0 aliphatic carbocycles. The first-order chi connectivity index (χ1) is 10.9. The van der Waals surface area contributed by atoms with Crippen LogP contribution in [0.5, 0.6) is 0 Å². The van der Waals surface area contributed by atoms with E-state index in [2.05, 4.69) is 24.3 Å². The average Bonchev–Trinajstić information content (AvgIpc) is 3.07. The highest BCUT2D eigenvalue weighted by Gasteiger charge is 2.13. The molecule has 1 N–H and O–H groups in total. The Kier molecular flexibility index (Phi) is 6.02. The number of nitrogens with one attached hydrogen (secondary N) is 1. The quantitative estimate of drug-likeness (QED) is 0.781. The van der Waals surface area contributed by atoms with Crippen LogP contribution in [0.3, 0.4) is 0 Å². The molecule has 0 saturated carbocycles. The van der Waals surface area contributed by atoms with E-state index in [-0.39, 0.29) is 11.9 Å². The van der Waals surface area contributed by atoms with Crippen LogP contribution in [0.2, 0.25) is 5.15 Å². The van der Waals surface area contributed by atoms with E-state index < -0.39 is 0 Å². The summed E-state index contributed by atoms with van der Waals surface area (Å²) < 4.78 is 1.79. The minimum absolute atomic E-state index is 0.00705. The first-order valence-electron chi connectivity index (χ1n) is 7.63. The van der Waals surface area contributed by atoms with Crippen LogP contribution < -0.4 is 5.32 Å². The van der Waals surface area contributed by atoms with Crippen molar-refractivity contribution in [3.8, 4) is 0 Å². The number of hydrogen-bond donors (Lipinski definition) is 1. The number of thiophene rings is 1. The fourth-order valence-corrected chi connectivity index (χ4v) is 3.29. The van der Waals surface area contributed by atoms with Gasteiger partial charge in [-0.2, -0.15) is 5.10 Å². The third kappa shape index (κ3) is 4.69. The monoisotopic (exact) mass is 351 g/mol. The SMILES string of the molecule is Cc1nn(CC(C)C)c(Cl)c1/C=C/C(=O)NC(C)c1cccs1. The topological polar surface area (TPSA) is 46.9 Å². The molecule has 4 nitrogen and oxygen atoms in total. The van der Waals surface area contributed by atoms with Crippen molar-refractivity contribution < 1.29 is 4.79 Å². The smallest absolute Gasteiger partial charge is 0.244 e. The second-order valence-corrected chi connectivity index (χ2v) is 7.28. The second-order valence-electron chi connectivity index (χ2n) is 5.94. The highest BCUT2D eigenvalue weighted by Crippen LogP contribution is 2.22. The molecule has 1 amide bonds. The summed E-state index contributed by atoms with van der Waals surface area (Å²) in [5.74, 6) is 0.316. The van der Waals surface area contributed by atoms with Crippen LogP contribution in [0.25, 0.3) is 6.08 Å². The third-order valence-corrected chi connectivity index (χ3v) is 4.83. The predicted octanol–water partition coefficient (Wildman–Crippen LogP) is 4.45. The molecule has 0 radical (unpaired) electrons. The lowest BCUT2D eigenvalue weighted by atomic mass is 10.2. The zero-order valence-corrected chi connectivity index (χ0v) is 15.4. The van der Waals surface area contributed by atoms with Crippen LogP contribution in [0.4, 0.5) is 0 Å². The minimum atomic E-state index is -0.141. The standard InChI is InChI=1S/C17H22ClN3OS/c1-11(2)10-21-17(18)14(12(3)20-21)7-8-16(22)19-13(4)15-6-5-9-23-15/h5-9,11,13H,10H2,1-4H3,(H,19,22)/b8-7+. The van der Waals surface area contributed by atoms with Crippen LogP contribution in [-0.2, 0) is 11.3 Å². The van der Waals surface area contributed by atoms with Crippen molar-refractivity contribution in [2.24, 2.45) is 5.92 Å². The van der Waals surface area contributed by atoms with Crippen LogP contribution in [0.1, 0.15) is 42.9 Å². The van der Waals surface area contributed by atoms with Gasteiger partial charge in [-0.05, 0) is 37.3 Å². The summed E-state index contributed by atoms with van der Waals surface area (Å²) in [4.78, 5) is 13.2. The van der Waals surface area contributed by atoms with Gasteiger partial charge in [-0.25, -0.2) is 0 Å². The first-order valence-corrected chi connectivity index (χ1v) is 8.89. The summed E-state index contributed by atoms with van der Waals surface area (Å²) in [6.45, 7) is 8.85. The van der Waals surface area contributed by atoms with E-state index in [1.165, 1.54) is 6.08 Å². The Morgan fingerprint density at radius 2 is 2.22 bits per heavy atom. The molecule has 0 aliphatic rings. The van der Waals surface area contributed by atoms with Gasteiger partial charge >= 0.3 is 0 Å². The summed E-state index contributed by atoms with van der Waals surface area (Å²) in [6, 6.07) is 3.98. The van der Waals surface area contributed by atoms with Crippen LogP contribution >= 0.6 is 22.9 Å². The van der Waals surface area contributed by atoms with Gasteiger partial charge < -0.3 is 5.32 Å². The fraction of sp³-hybridized carbons (Fsp3) is 0.412. The highest BCUT2D eigenvalue weighted by molar-refractivity contribution is 7.10. The van der Waals surface area contributed by atoms with Crippen LogP contribution in [0.15, 0.2) is 23.6 Å². The van der Waals surface area contributed by atoms with Gasteiger partial charge in [-0.15, -0.1) is 11.3 Å². The Morgan fingerprint density at radius 1 is 1.48 bits per heavy atom. The number of rotatable bonds is 6. The van der Waals surface area contributed by atoms with Gasteiger partial charge in [0.05, 0.1) is 11.7 Å². The summed E-state index contributed by atoms with van der Waals surface area (Å²) in [5.41, 5.74) is 1.62. The van der Waals surface area contributed by atoms with E-state index >= 15 is 0 Å². The van der Waals surface area contributed by atoms with E-state index in [4.69, 9.17) is 11.6 Å². The molecule has 2 rings (SSSR count). The van der Waals surface area contributed by atoms with E-state index in [1.807, 2.05) is 31.4 Å². The van der Waals surface area contributed by atoms with Crippen molar-refractivity contribution in [1.29, 1.82) is 0 Å². The molecule has 1 atom stereocenters. The molecule has 0 aliphatic heterocycles. The molecule has 0 aromatic carbocycles. The number of aryl methyl sites for hydroxylation is 1. The van der Waals surface area contributed by atoms with Crippen LogP contribution in [-0.4, -0.2) is 15.7 Å². The van der Waals surface area contributed by atoms with Gasteiger partial charge in [0.2, 0.25) is 5.91 Å². The predicted molar refractivity (Wildman–Crippen MR) is 96.7 cm³/mol. The molecule has 6 heteroatoms. The second kappa shape index (κ2) is 7.79. The van der Waals surface area contributed by atoms with E-state index in [0.717, 1.165) is 22.7 Å². The summed E-state index contributed by atoms with van der Waals surface area (Å²) >= 11 is 7.99. The van der Waals surface area contributed by atoms with Gasteiger partial charge in [0.25, 0.3) is 0 Å². The lowest BCUT2D eigenvalue weighted by Gasteiger charge is -2.09. The molecule has 0 saturated heterocycles. The van der Waals surface area contributed by atoms with Gasteiger partial charge in [-0.1, -0.05) is 31.5 Å². The molecule has 124 valence electrons. The minimum Gasteiger partial charge on any atom is -0.345 e. The number of carbonyl (C=O) groups excluding carboxylic acids is 1. The van der Waals surface area contributed by atoms with E-state index in [0.29, 0.717) is 11.1 Å². The lowest BCUT2D eigenvalue weighted by molar-refractivity contribution is -0.117. The Hall–Kier alpha value is -1.59. The maximum Gasteiger partial charge on any atom is 0.244 e. The fourth-order valence-electron chi connectivity index (χ4n) is 2.25. The Balaban J connectivity index is 2.05. The summed E-state index contributed by atoms with van der Waals surface area (Å²) in [6.07, 6.45) is 3.25. The molecule has 23 heavy (non-hydrogen) atoms. The largest absolute Gasteiger partial charge is 0.345 e. The Bertz CT molecular complexity index is 689. The number of aromatic nitrogens is 2. The maximum absolute atomic E-state index is 12.1. The normalized spacial score (nSPS) is 13.0. The molecule has 2 aromatic heterocycles. The van der Waals surface area contributed by atoms with Crippen molar-refractivity contribution in [2.75, 3.05) is 0 Å². The van der Waals surface area contributed by atoms with Crippen molar-refractivity contribution in [1.82, 2.24) is 15.1 Å². The summed E-state index contributed by atoms with van der Waals surface area (Å²) in [5, 5.41) is 9.95. The highest BCUT2D eigenvalue weighted by atomic mass is 35.5. The maximum atomic E-state index is 12.1. The molecule has 0 fully saturated rings. The molecule has 0 spiro atoms. The van der Waals surface area contributed by atoms with Gasteiger partial charge in [0.1, 0.15) is 5.15 Å². The molecular formula is C17H22ClN3OS. The van der Waals surface area contributed by atoms with Gasteiger partial charge in [-0.3, -0.25) is 9.48 Å². The molecular weight excluding hydrogens is 330 g/mol.